The first kappa shape index (κ1) is 18.1. The Balaban J connectivity index is 1.97. The van der Waals surface area contributed by atoms with Gasteiger partial charge < -0.3 is 10.1 Å². The number of rotatable bonds is 6. The molecule has 0 fully saturated rings. The van der Waals surface area contributed by atoms with E-state index in [1.807, 2.05) is 31.2 Å². The first-order chi connectivity index (χ1) is 11.4. The van der Waals surface area contributed by atoms with Crippen LogP contribution < -0.4 is 5.32 Å². The summed E-state index contributed by atoms with van der Waals surface area (Å²) < 4.78 is 4.70. The number of amides is 1. The maximum atomic E-state index is 12.2. The Labute approximate surface area is 145 Å². The van der Waals surface area contributed by atoms with E-state index in [1.54, 1.807) is 29.5 Å². The number of aromatic nitrogens is 1. The van der Waals surface area contributed by atoms with Crippen LogP contribution in [0.25, 0.3) is 0 Å². The van der Waals surface area contributed by atoms with Crippen molar-refractivity contribution in [2.75, 3.05) is 26.0 Å². The number of carbonyl (C=O) groups is 2. The summed E-state index contributed by atoms with van der Waals surface area (Å²) in [6.07, 6.45) is 0. The van der Waals surface area contributed by atoms with Gasteiger partial charge in [-0.05, 0) is 38.6 Å². The number of anilines is 1. The Hall–Kier alpha value is -2.25. The normalized spacial score (nSPS) is 10.7. The molecule has 6 nitrogen and oxygen atoms in total. The molecule has 0 spiro atoms. The van der Waals surface area contributed by atoms with Crippen molar-refractivity contribution in [3.63, 3.8) is 0 Å². The van der Waals surface area contributed by atoms with Crippen LogP contribution in [0.15, 0.2) is 23.6 Å². The predicted molar refractivity (Wildman–Crippen MR) is 94.3 cm³/mol. The zero-order chi connectivity index (χ0) is 17.7. The molecular weight excluding hydrogens is 326 g/mol. The second kappa shape index (κ2) is 8.03. The van der Waals surface area contributed by atoms with Crippen LogP contribution in [0.5, 0.6) is 0 Å². The lowest BCUT2D eigenvalue weighted by Gasteiger charge is -2.16. The van der Waals surface area contributed by atoms with Crippen LogP contribution in [0.3, 0.4) is 0 Å². The lowest BCUT2D eigenvalue weighted by atomic mass is 10.1. The highest BCUT2D eigenvalue weighted by Gasteiger charge is 2.12. The number of benzene rings is 1. The Morgan fingerprint density at radius 3 is 2.71 bits per heavy atom. The van der Waals surface area contributed by atoms with E-state index in [2.05, 4.69) is 10.3 Å². The molecule has 0 bridgehead atoms. The van der Waals surface area contributed by atoms with Crippen molar-refractivity contribution >= 4 is 28.9 Å². The third kappa shape index (κ3) is 4.87. The minimum atomic E-state index is -0.429. The van der Waals surface area contributed by atoms with Gasteiger partial charge in [-0.1, -0.05) is 6.07 Å². The number of likely N-dealkylation sites (N-methyl/N-ethyl adjacent to an activating group) is 1. The molecule has 0 aliphatic rings. The van der Waals surface area contributed by atoms with Crippen molar-refractivity contribution in [1.29, 1.82) is 0 Å². The molecule has 0 radical (unpaired) electrons. The van der Waals surface area contributed by atoms with Crippen LogP contribution >= 0.6 is 11.3 Å². The van der Waals surface area contributed by atoms with E-state index in [0.717, 1.165) is 16.3 Å². The molecule has 24 heavy (non-hydrogen) atoms. The molecule has 0 aliphatic heterocycles. The summed E-state index contributed by atoms with van der Waals surface area (Å²) in [7, 11) is 3.20. The lowest BCUT2D eigenvalue weighted by Crippen LogP contribution is -2.30. The standard InChI is InChI=1S/C17H21N3O3S/c1-11-5-6-13(17(22)23-4)7-15(11)19-16(21)9-20(3)8-14-10-24-12(2)18-14/h5-7,10H,8-9H2,1-4H3,(H,19,21). The number of nitrogens with zero attached hydrogens (tertiary/aromatic N) is 2. The SMILES string of the molecule is COC(=O)c1ccc(C)c(NC(=O)CN(C)Cc2csc(C)n2)c1. The van der Waals surface area contributed by atoms with Crippen LogP contribution in [-0.2, 0) is 16.1 Å². The number of aryl methyl sites for hydroxylation is 2. The van der Waals surface area contributed by atoms with Crippen LogP contribution in [0.1, 0.15) is 26.6 Å². The molecule has 1 amide bonds. The molecule has 128 valence electrons. The van der Waals surface area contributed by atoms with Gasteiger partial charge in [0.2, 0.25) is 5.91 Å². The van der Waals surface area contributed by atoms with Gasteiger partial charge in [0.05, 0.1) is 29.9 Å². The summed E-state index contributed by atoms with van der Waals surface area (Å²) in [6.45, 7) is 4.67. The molecule has 1 aromatic carbocycles. The first-order valence-corrected chi connectivity index (χ1v) is 8.35. The molecule has 2 rings (SSSR count). The van der Waals surface area contributed by atoms with Crippen molar-refractivity contribution in [3.8, 4) is 0 Å². The number of methoxy groups -OCH3 is 1. The monoisotopic (exact) mass is 347 g/mol. The van der Waals surface area contributed by atoms with Crippen LogP contribution in [-0.4, -0.2) is 42.5 Å². The van der Waals surface area contributed by atoms with Crippen molar-refractivity contribution in [2.45, 2.75) is 20.4 Å². The first-order valence-electron chi connectivity index (χ1n) is 7.47. The Morgan fingerprint density at radius 2 is 2.08 bits per heavy atom. The molecule has 0 aliphatic carbocycles. The van der Waals surface area contributed by atoms with Gasteiger partial charge in [0, 0.05) is 17.6 Å². The van der Waals surface area contributed by atoms with Crippen molar-refractivity contribution in [2.24, 2.45) is 0 Å². The molecule has 0 saturated heterocycles. The molecule has 2 aromatic rings. The Bertz CT molecular complexity index is 742. The number of ether oxygens (including phenoxy) is 1. The quantitative estimate of drug-likeness (QED) is 0.813. The Kier molecular flexibility index (Phi) is 6.05. The lowest BCUT2D eigenvalue weighted by molar-refractivity contribution is -0.117. The predicted octanol–water partition coefficient (Wildman–Crippen LogP) is 2.62. The minimum absolute atomic E-state index is 0.144. The Morgan fingerprint density at radius 1 is 1.33 bits per heavy atom. The highest BCUT2D eigenvalue weighted by atomic mass is 32.1. The van der Waals surface area contributed by atoms with E-state index in [1.165, 1.54) is 7.11 Å². The number of nitrogens with one attached hydrogen (secondary N) is 1. The molecule has 0 unspecified atom stereocenters. The van der Waals surface area contributed by atoms with Crippen LogP contribution in [0.4, 0.5) is 5.69 Å². The van der Waals surface area contributed by atoms with Gasteiger partial charge in [-0.2, -0.15) is 0 Å². The van der Waals surface area contributed by atoms with Crippen LogP contribution in [0.2, 0.25) is 0 Å². The van der Waals surface area contributed by atoms with E-state index < -0.39 is 5.97 Å². The number of thiazole rings is 1. The largest absolute Gasteiger partial charge is 0.465 e. The van der Waals surface area contributed by atoms with E-state index in [0.29, 0.717) is 17.8 Å². The van der Waals surface area contributed by atoms with Gasteiger partial charge >= 0.3 is 5.97 Å². The van der Waals surface area contributed by atoms with Gasteiger partial charge in [0.15, 0.2) is 0 Å². The summed E-state index contributed by atoms with van der Waals surface area (Å²) in [5.41, 5.74) is 2.86. The number of esters is 1. The minimum Gasteiger partial charge on any atom is -0.465 e. The van der Waals surface area contributed by atoms with Gasteiger partial charge in [-0.3, -0.25) is 9.69 Å². The van der Waals surface area contributed by atoms with Crippen molar-refractivity contribution < 1.29 is 14.3 Å². The molecule has 1 heterocycles. The summed E-state index contributed by atoms with van der Waals surface area (Å²) >= 11 is 1.59. The zero-order valence-corrected chi connectivity index (χ0v) is 15.1. The topological polar surface area (TPSA) is 71.5 Å². The fraction of sp³-hybridized carbons (Fsp3) is 0.353. The van der Waals surface area contributed by atoms with E-state index in [4.69, 9.17) is 4.74 Å². The average molecular weight is 347 g/mol. The molecule has 1 aromatic heterocycles. The molecule has 0 atom stereocenters. The summed E-state index contributed by atoms with van der Waals surface area (Å²) in [5, 5.41) is 5.85. The maximum absolute atomic E-state index is 12.2. The van der Waals surface area contributed by atoms with E-state index in [-0.39, 0.29) is 12.5 Å². The summed E-state index contributed by atoms with van der Waals surface area (Å²) in [4.78, 5) is 30.1. The third-order valence-electron chi connectivity index (χ3n) is 3.44. The summed E-state index contributed by atoms with van der Waals surface area (Å²) in [6, 6.07) is 5.08. The molecule has 1 N–H and O–H groups in total. The molecule has 7 heteroatoms. The van der Waals surface area contributed by atoms with E-state index in [9.17, 15) is 9.59 Å². The summed E-state index contributed by atoms with van der Waals surface area (Å²) in [5.74, 6) is -0.573. The maximum Gasteiger partial charge on any atom is 0.337 e. The van der Waals surface area contributed by atoms with Crippen molar-refractivity contribution in [3.05, 3.63) is 45.4 Å². The molecular formula is C17H21N3O3S. The zero-order valence-electron chi connectivity index (χ0n) is 14.3. The second-order valence-electron chi connectivity index (χ2n) is 5.60. The highest BCUT2D eigenvalue weighted by molar-refractivity contribution is 7.09. The van der Waals surface area contributed by atoms with Gasteiger partial charge in [-0.25, -0.2) is 9.78 Å². The van der Waals surface area contributed by atoms with E-state index >= 15 is 0 Å². The van der Waals surface area contributed by atoms with Gasteiger partial charge in [-0.15, -0.1) is 11.3 Å². The number of hydrogen-bond donors (Lipinski definition) is 1. The third-order valence-corrected chi connectivity index (χ3v) is 4.27. The van der Waals surface area contributed by atoms with Gasteiger partial charge in [0.1, 0.15) is 0 Å². The average Bonchev–Trinajstić information content (AvgIpc) is 2.93. The smallest absolute Gasteiger partial charge is 0.337 e. The van der Waals surface area contributed by atoms with Crippen molar-refractivity contribution in [1.82, 2.24) is 9.88 Å². The van der Waals surface area contributed by atoms with Gasteiger partial charge in [0.25, 0.3) is 0 Å². The molecule has 0 saturated carbocycles. The fourth-order valence-electron chi connectivity index (χ4n) is 2.25. The fourth-order valence-corrected chi connectivity index (χ4v) is 2.85. The number of hydrogen-bond acceptors (Lipinski definition) is 6. The number of carbonyl (C=O) groups excluding carboxylic acids is 2. The van der Waals surface area contributed by atoms with Crippen LogP contribution in [0, 0.1) is 13.8 Å². The highest BCUT2D eigenvalue weighted by Crippen LogP contribution is 2.18. The second-order valence-corrected chi connectivity index (χ2v) is 6.66.